The molecule has 0 unspecified atom stereocenters. The Morgan fingerprint density at radius 2 is 1.52 bits per heavy atom. The Hall–Kier alpha value is -2.62. The Morgan fingerprint density at radius 3 is 2.32 bits per heavy atom. The van der Waals surface area contributed by atoms with E-state index in [9.17, 15) is 0 Å². The number of hydrogen-bond acceptors (Lipinski definition) is 3. The first-order valence-electron chi connectivity index (χ1n) is 7.72. The van der Waals surface area contributed by atoms with Gasteiger partial charge in [0.15, 0.2) is 0 Å². The van der Waals surface area contributed by atoms with Gasteiger partial charge in [0.2, 0.25) is 0 Å². The molecule has 1 heterocycles. The molecule has 3 aromatic carbocycles. The van der Waals surface area contributed by atoms with Gasteiger partial charge in [-0.3, -0.25) is 0 Å². The lowest BCUT2D eigenvalue weighted by Crippen LogP contribution is -1.96. The molecule has 0 radical (unpaired) electrons. The SMILES string of the molecule is Clc1ccc(-c2ccc3ncnc(Nc4cccc(Cl)c4)c3c2)cc1. The van der Waals surface area contributed by atoms with Gasteiger partial charge in [-0.05, 0) is 53.6 Å². The largest absolute Gasteiger partial charge is 0.340 e. The summed E-state index contributed by atoms with van der Waals surface area (Å²) in [6, 6.07) is 21.4. The molecule has 4 rings (SSSR count). The van der Waals surface area contributed by atoms with E-state index in [0.717, 1.165) is 38.6 Å². The van der Waals surface area contributed by atoms with Crippen molar-refractivity contribution < 1.29 is 0 Å². The van der Waals surface area contributed by atoms with Gasteiger partial charge in [-0.1, -0.05) is 47.5 Å². The highest BCUT2D eigenvalue weighted by molar-refractivity contribution is 6.31. The zero-order valence-electron chi connectivity index (χ0n) is 13.1. The van der Waals surface area contributed by atoms with Crippen LogP contribution in [0.5, 0.6) is 0 Å². The van der Waals surface area contributed by atoms with Crippen molar-refractivity contribution in [3.63, 3.8) is 0 Å². The number of nitrogens with zero attached hydrogens (tertiary/aromatic N) is 2. The van der Waals surface area contributed by atoms with Crippen molar-refractivity contribution in [1.82, 2.24) is 9.97 Å². The fourth-order valence-electron chi connectivity index (χ4n) is 2.68. The van der Waals surface area contributed by atoms with Crippen molar-refractivity contribution in [2.75, 3.05) is 5.32 Å². The maximum atomic E-state index is 6.06. The molecule has 0 fully saturated rings. The summed E-state index contributed by atoms with van der Waals surface area (Å²) >= 11 is 12.0. The van der Waals surface area contributed by atoms with Gasteiger partial charge in [-0.2, -0.15) is 0 Å². The van der Waals surface area contributed by atoms with Crippen LogP contribution in [-0.4, -0.2) is 9.97 Å². The molecule has 1 N–H and O–H groups in total. The molecule has 25 heavy (non-hydrogen) atoms. The molecule has 1 aromatic heterocycles. The van der Waals surface area contributed by atoms with Crippen molar-refractivity contribution in [3.8, 4) is 11.1 Å². The molecule has 4 aromatic rings. The average Bonchev–Trinajstić information content (AvgIpc) is 2.62. The van der Waals surface area contributed by atoms with Gasteiger partial charge in [-0.15, -0.1) is 0 Å². The van der Waals surface area contributed by atoms with Crippen LogP contribution < -0.4 is 5.32 Å². The van der Waals surface area contributed by atoms with E-state index in [-0.39, 0.29) is 0 Å². The van der Waals surface area contributed by atoms with E-state index < -0.39 is 0 Å². The van der Waals surface area contributed by atoms with Gasteiger partial charge in [0.25, 0.3) is 0 Å². The van der Waals surface area contributed by atoms with E-state index in [4.69, 9.17) is 23.2 Å². The van der Waals surface area contributed by atoms with E-state index in [1.54, 1.807) is 6.33 Å². The molecule has 3 nitrogen and oxygen atoms in total. The third-order valence-corrected chi connectivity index (χ3v) is 4.39. The average molecular weight is 366 g/mol. The normalized spacial score (nSPS) is 10.8. The van der Waals surface area contributed by atoms with Crippen LogP contribution >= 0.6 is 23.2 Å². The molecule has 0 bridgehead atoms. The van der Waals surface area contributed by atoms with Crippen molar-refractivity contribution in [2.24, 2.45) is 0 Å². The van der Waals surface area contributed by atoms with E-state index in [2.05, 4.69) is 21.4 Å². The lowest BCUT2D eigenvalue weighted by molar-refractivity contribution is 1.22. The maximum Gasteiger partial charge on any atom is 0.141 e. The lowest BCUT2D eigenvalue weighted by Gasteiger charge is -2.10. The van der Waals surface area contributed by atoms with Gasteiger partial charge in [0, 0.05) is 21.1 Å². The van der Waals surface area contributed by atoms with Crippen LogP contribution in [-0.2, 0) is 0 Å². The second kappa shape index (κ2) is 6.71. The summed E-state index contributed by atoms with van der Waals surface area (Å²) in [6.45, 7) is 0. The highest BCUT2D eigenvalue weighted by Gasteiger charge is 2.07. The first-order valence-corrected chi connectivity index (χ1v) is 8.48. The second-order valence-corrected chi connectivity index (χ2v) is 6.47. The first kappa shape index (κ1) is 15.9. The second-order valence-electron chi connectivity index (χ2n) is 5.60. The molecule has 0 aliphatic rings. The summed E-state index contributed by atoms with van der Waals surface area (Å²) in [6.07, 6.45) is 1.55. The van der Waals surface area contributed by atoms with Gasteiger partial charge in [0.1, 0.15) is 12.1 Å². The number of fused-ring (bicyclic) bond motifs is 1. The van der Waals surface area contributed by atoms with Crippen molar-refractivity contribution in [3.05, 3.63) is 83.1 Å². The highest BCUT2D eigenvalue weighted by Crippen LogP contribution is 2.29. The summed E-state index contributed by atoms with van der Waals surface area (Å²) in [7, 11) is 0. The van der Waals surface area contributed by atoms with Crippen molar-refractivity contribution in [1.29, 1.82) is 0 Å². The van der Waals surface area contributed by atoms with Gasteiger partial charge < -0.3 is 5.32 Å². The van der Waals surface area contributed by atoms with Crippen LogP contribution in [0.25, 0.3) is 22.0 Å². The number of aromatic nitrogens is 2. The number of rotatable bonds is 3. The standard InChI is InChI=1S/C20H13Cl2N3/c21-15-7-4-13(5-8-15)14-6-9-19-18(10-14)20(24-12-23-19)25-17-3-1-2-16(22)11-17/h1-12H,(H,23,24,25). The summed E-state index contributed by atoms with van der Waals surface area (Å²) in [5.41, 5.74) is 3.92. The Bertz CT molecular complexity index is 1050. The van der Waals surface area contributed by atoms with Crippen LogP contribution in [0.3, 0.4) is 0 Å². The Morgan fingerprint density at radius 1 is 0.720 bits per heavy atom. The van der Waals surface area contributed by atoms with E-state index in [1.807, 2.05) is 60.7 Å². The van der Waals surface area contributed by atoms with Crippen LogP contribution in [0, 0.1) is 0 Å². The summed E-state index contributed by atoms with van der Waals surface area (Å²) in [4.78, 5) is 8.75. The predicted molar refractivity (Wildman–Crippen MR) is 105 cm³/mol. The molecule has 0 aliphatic heterocycles. The molecule has 0 spiro atoms. The monoisotopic (exact) mass is 365 g/mol. The lowest BCUT2D eigenvalue weighted by atomic mass is 10.0. The smallest absolute Gasteiger partial charge is 0.141 e. The number of hydrogen-bond donors (Lipinski definition) is 1. The van der Waals surface area contributed by atoms with Crippen molar-refractivity contribution in [2.45, 2.75) is 0 Å². The quantitative estimate of drug-likeness (QED) is 0.459. The number of benzene rings is 3. The topological polar surface area (TPSA) is 37.8 Å². The van der Waals surface area contributed by atoms with Crippen LogP contribution in [0.1, 0.15) is 0 Å². The number of anilines is 2. The van der Waals surface area contributed by atoms with Crippen LogP contribution in [0.2, 0.25) is 10.0 Å². The summed E-state index contributed by atoms with van der Waals surface area (Å²) in [5, 5.41) is 5.65. The Balaban J connectivity index is 1.79. The van der Waals surface area contributed by atoms with Crippen LogP contribution in [0.4, 0.5) is 11.5 Å². The van der Waals surface area contributed by atoms with Gasteiger partial charge >= 0.3 is 0 Å². The third-order valence-electron chi connectivity index (χ3n) is 3.90. The molecule has 0 aliphatic carbocycles. The molecular weight excluding hydrogens is 353 g/mol. The van der Waals surface area contributed by atoms with E-state index >= 15 is 0 Å². The maximum absolute atomic E-state index is 6.06. The van der Waals surface area contributed by atoms with Crippen LogP contribution in [0.15, 0.2) is 73.1 Å². The Labute approximate surface area is 155 Å². The predicted octanol–water partition coefficient (Wildman–Crippen LogP) is 6.35. The minimum absolute atomic E-state index is 0.671. The highest BCUT2D eigenvalue weighted by atomic mass is 35.5. The minimum atomic E-state index is 0.671. The first-order chi connectivity index (χ1) is 12.2. The fraction of sp³-hybridized carbons (Fsp3) is 0. The summed E-state index contributed by atoms with van der Waals surface area (Å²) in [5.74, 6) is 0.739. The molecular formula is C20H13Cl2N3. The van der Waals surface area contributed by atoms with Crippen molar-refractivity contribution >= 4 is 45.6 Å². The molecule has 5 heteroatoms. The third kappa shape index (κ3) is 3.43. The zero-order chi connectivity index (χ0) is 17.2. The zero-order valence-corrected chi connectivity index (χ0v) is 14.6. The fourth-order valence-corrected chi connectivity index (χ4v) is 3.00. The van der Waals surface area contributed by atoms with E-state index in [0.29, 0.717) is 5.02 Å². The Kier molecular flexibility index (Phi) is 4.26. The molecule has 0 saturated carbocycles. The van der Waals surface area contributed by atoms with Gasteiger partial charge in [0.05, 0.1) is 5.52 Å². The number of nitrogens with one attached hydrogen (secondary N) is 1. The molecule has 122 valence electrons. The van der Waals surface area contributed by atoms with E-state index in [1.165, 1.54) is 0 Å². The molecule has 0 saturated heterocycles. The number of halogens is 2. The van der Waals surface area contributed by atoms with Gasteiger partial charge in [-0.25, -0.2) is 9.97 Å². The molecule has 0 atom stereocenters. The molecule has 0 amide bonds. The summed E-state index contributed by atoms with van der Waals surface area (Å²) < 4.78 is 0. The minimum Gasteiger partial charge on any atom is -0.340 e.